The third-order valence-corrected chi connectivity index (χ3v) is 7.44. The molecule has 0 spiro atoms. The van der Waals surface area contributed by atoms with Gasteiger partial charge in [-0.05, 0) is 50.3 Å². The molecule has 1 N–H and O–H groups in total. The molecule has 29 heavy (non-hydrogen) atoms. The number of nitrogens with zero attached hydrogens (tertiary/aromatic N) is 2. The van der Waals surface area contributed by atoms with Crippen LogP contribution in [0, 0.1) is 20.8 Å². The summed E-state index contributed by atoms with van der Waals surface area (Å²) in [7, 11) is 1.71. The van der Waals surface area contributed by atoms with E-state index in [9.17, 15) is 9.59 Å². The summed E-state index contributed by atoms with van der Waals surface area (Å²) in [5, 5.41) is 3.93. The van der Waals surface area contributed by atoms with Gasteiger partial charge in [0, 0.05) is 17.6 Å². The molecule has 3 aromatic rings. The maximum atomic E-state index is 12.9. The fraction of sp³-hybridized carbons (Fsp3) is 0.409. The number of hydrogen-bond acceptors (Lipinski definition) is 5. The average molecular weight is 430 g/mol. The van der Waals surface area contributed by atoms with Crippen molar-refractivity contribution in [3.8, 4) is 0 Å². The van der Waals surface area contributed by atoms with Crippen molar-refractivity contribution in [1.82, 2.24) is 9.55 Å². The molecule has 1 aromatic carbocycles. The number of hydrogen-bond donors (Lipinski definition) is 1. The fourth-order valence-corrected chi connectivity index (χ4v) is 5.19. The first kappa shape index (κ1) is 21.6. The summed E-state index contributed by atoms with van der Waals surface area (Å²) in [5.41, 5.74) is 3.96. The number of para-hydroxylation sites is 1. The average Bonchev–Trinajstić information content (AvgIpc) is 2.94. The summed E-state index contributed by atoms with van der Waals surface area (Å²) in [6, 6.07) is 6.06. The molecule has 1 atom stereocenters. The van der Waals surface area contributed by atoms with Crippen molar-refractivity contribution in [2.45, 2.75) is 57.9 Å². The van der Waals surface area contributed by atoms with Gasteiger partial charge >= 0.3 is 0 Å². The minimum Gasteiger partial charge on any atom is -0.325 e. The van der Waals surface area contributed by atoms with Gasteiger partial charge in [0.15, 0.2) is 5.16 Å². The van der Waals surface area contributed by atoms with E-state index in [0.29, 0.717) is 16.5 Å². The molecule has 7 heteroatoms. The lowest BCUT2D eigenvalue weighted by Crippen LogP contribution is -2.26. The van der Waals surface area contributed by atoms with Gasteiger partial charge in [0.2, 0.25) is 5.91 Å². The standard InChI is InChI=1S/C22H27N3O2S2/c1-11(2)16-10-8-9-12(3)18(16)23-19(26)15(6)29-22-24-20-17(21(27)25(22)7)13(4)14(5)28-20/h8-11,15H,1-7H3,(H,23,26). The zero-order valence-electron chi connectivity index (χ0n) is 17.9. The normalized spacial score (nSPS) is 12.6. The number of carbonyl (C=O) groups excluding carboxylic acids is 1. The molecule has 2 aromatic heterocycles. The van der Waals surface area contributed by atoms with Gasteiger partial charge in [-0.1, -0.05) is 43.8 Å². The number of aromatic nitrogens is 2. The van der Waals surface area contributed by atoms with Crippen molar-refractivity contribution >= 4 is 44.9 Å². The Labute approximate surface area is 179 Å². The fourth-order valence-electron chi connectivity index (χ4n) is 3.24. The SMILES string of the molecule is Cc1cccc(C(C)C)c1NC(=O)C(C)Sc1nc2sc(C)c(C)c2c(=O)n1C. The van der Waals surface area contributed by atoms with Crippen LogP contribution in [0.5, 0.6) is 0 Å². The second-order valence-corrected chi connectivity index (χ2v) is 10.2. The minimum atomic E-state index is -0.396. The highest BCUT2D eigenvalue weighted by atomic mass is 32.2. The van der Waals surface area contributed by atoms with E-state index >= 15 is 0 Å². The zero-order valence-corrected chi connectivity index (χ0v) is 19.5. The predicted octanol–water partition coefficient (Wildman–Crippen LogP) is 5.16. The number of benzene rings is 1. The summed E-state index contributed by atoms with van der Waals surface area (Å²) >= 11 is 2.83. The molecule has 1 unspecified atom stereocenters. The molecule has 0 saturated carbocycles. The van der Waals surface area contributed by atoms with E-state index in [1.807, 2.05) is 45.9 Å². The number of rotatable bonds is 5. The molecule has 0 aliphatic rings. The van der Waals surface area contributed by atoms with E-state index in [0.717, 1.165) is 32.1 Å². The highest BCUT2D eigenvalue weighted by Crippen LogP contribution is 2.31. The van der Waals surface area contributed by atoms with Crippen LogP contribution in [-0.2, 0) is 11.8 Å². The highest BCUT2D eigenvalue weighted by Gasteiger charge is 2.21. The van der Waals surface area contributed by atoms with Crippen LogP contribution in [0.2, 0.25) is 0 Å². The number of anilines is 1. The summed E-state index contributed by atoms with van der Waals surface area (Å²) < 4.78 is 1.54. The Balaban J connectivity index is 1.88. The number of nitrogens with one attached hydrogen (secondary N) is 1. The van der Waals surface area contributed by atoms with Crippen LogP contribution in [0.15, 0.2) is 28.2 Å². The number of thiophene rings is 1. The Kier molecular flexibility index (Phi) is 6.19. The first-order chi connectivity index (χ1) is 13.6. The number of aryl methyl sites for hydroxylation is 3. The van der Waals surface area contributed by atoms with Crippen molar-refractivity contribution in [3.05, 3.63) is 50.1 Å². The molecule has 0 fully saturated rings. The van der Waals surface area contributed by atoms with E-state index in [4.69, 9.17) is 0 Å². The first-order valence-corrected chi connectivity index (χ1v) is 11.3. The molecule has 5 nitrogen and oxygen atoms in total. The van der Waals surface area contributed by atoms with Crippen LogP contribution in [0.25, 0.3) is 10.2 Å². The quantitative estimate of drug-likeness (QED) is 0.449. The smallest absolute Gasteiger partial charge is 0.262 e. The van der Waals surface area contributed by atoms with Gasteiger partial charge in [-0.2, -0.15) is 0 Å². The summed E-state index contributed by atoms with van der Waals surface area (Å²) in [6.07, 6.45) is 0. The van der Waals surface area contributed by atoms with Crippen molar-refractivity contribution in [1.29, 1.82) is 0 Å². The van der Waals surface area contributed by atoms with Crippen molar-refractivity contribution in [3.63, 3.8) is 0 Å². The molecule has 0 bridgehead atoms. The Morgan fingerprint density at radius 2 is 1.90 bits per heavy atom. The van der Waals surface area contributed by atoms with Crippen molar-refractivity contribution in [2.24, 2.45) is 7.05 Å². The van der Waals surface area contributed by atoms with Gasteiger partial charge in [0.1, 0.15) is 4.83 Å². The lowest BCUT2D eigenvalue weighted by Gasteiger charge is -2.19. The second kappa shape index (κ2) is 8.32. The number of thioether (sulfide) groups is 1. The van der Waals surface area contributed by atoms with Crippen LogP contribution in [-0.4, -0.2) is 20.7 Å². The second-order valence-electron chi connectivity index (χ2n) is 7.67. The summed E-state index contributed by atoms with van der Waals surface area (Å²) in [5.74, 6) is 0.211. The number of carbonyl (C=O) groups is 1. The molecular weight excluding hydrogens is 402 g/mol. The van der Waals surface area contributed by atoms with E-state index in [-0.39, 0.29) is 11.5 Å². The van der Waals surface area contributed by atoms with Crippen LogP contribution >= 0.6 is 23.1 Å². The van der Waals surface area contributed by atoms with Gasteiger partial charge in [0.25, 0.3) is 5.56 Å². The Morgan fingerprint density at radius 1 is 1.21 bits per heavy atom. The van der Waals surface area contributed by atoms with Crippen LogP contribution < -0.4 is 10.9 Å². The molecule has 1 amide bonds. The van der Waals surface area contributed by atoms with E-state index in [1.54, 1.807) is 11.6 Å². The zero-order chi connectivity index (χ0) is 21.5. The molecular formula is C22H27N3O2S2. The largest absolute Gasteiger partial charge is 0.325 e. The van der Waals surface area contributed by atoms with Gasteiger partial charge in [0.05, 0.1) is 10.6 Å². The van der Waals surface area contributed by atoms with Crippen LogP contribution in [0.1, 0.15) is 48.3 Å². The highest BCUT2D eigenvalue weighted by molar-refractivity contribution is 8.00. The lowest BCUT2D eigenvalue weighted by molar-refractivity contribution is -0.115. The molecule has 0 saturated heterocycles. The van der Waals surface area contributed by atoms with Crippen LogP contribution in [0.4, 0.5) is 5.69 Å². The van der Waals surface area contributed by atoms with E-state index in [2.05, 4.69) is 24.1 Å². The molecule has 0 radical (unpaired) electrons. The van der Waals surface area contributed by atoms with Crippen molar-refractivity contribution < 1.29 is 4.79 Å². The van der Waals surface area contributed by atoms with Crippen LogP contribution in [0.3, 0.4) is 0 Å². The lowest BCUT2D eigenvalue weighted by atomic mass is 9.98. The molecule has 2 heterocycles. The Morgan fingerprint density at radius 3 is 2.55 bits per heavy atom. The number of fused-ring (bicyclic) bond motifs is 1. The monoisotopic (exact) mass is 429 g/mol. The Hall–Kier alpha value is -2.12. The summed E-state index contributed by atoms with van der Waals surface area (Å²) in [4.78, 5) is 32.2. The predicted molar refractivity (Wildman–Crippen MR) is 124 cm³/mol. The van der Waals surface area contributed by atoms with Crippen molar-refractivity contribution in [2.75, 3.05) is 5.32 Å². The van der Waals surface area contributed by atoms with Gasteiger partial charge < -0.3 is 5.32 Å². The first-order valence-electron chi connectivity index (χ1n) is 9.65. The molecule has 0 aliphatic carbocycles. The molecule has 3 rings (SSSR count). The topological polar surface area (TPSA) is 64.0 Å². The minimum absolute atomic E-state index is 0.0621. The van der Waals surface area contributed by atoms with E-state index in [1.165, 1.54) is 23.1 Å². The Bertz CT molecular complexity index is 1150. The molecule has 0 aliphatic heterocycles. The number of amides is 1. The van der Waals surface area contributed by atoms with E-state index < -0.39 is 5.25 Å². The maximum Gasteiger partial charge on any atom is 0.262 e. The van der Waals surface area contributed by atoms with Gasteiger partial charge in [-0.3, -0.25) is 14.2 Å². The third-order valence-electron chi connectivity index (χ3n) is 5.20. The third kappa shape index (κ3) is 4.12. The van der Waals surface area contributed by atoms with Gasteiger partial charge in [-0.15, -0.1) is 11.3 Å². The van der Waals surface area contributed by atoms with Gasteiger partial charge in [-0.25, -0.2) is 4.98 Å². The molecule has 154 valence electrons. The maximum absolute atomic E-state index is 12.9. The summed E-state index contributed by atoms with van der Waals surface area (Å²) in [6.45, 7) is 12.0.